The number of anilines is 1. The monoisotopic (exact) mass is 250 g/mol. The van der Waals surface area contributed by atoms with Gasteiger partial charge in [-0.15, -0.1) is 0 Å². The van der Waals surface area contributed by atoms with Crippen LogP contribution in [0.25, 0.3) is 0 Å². The lowest BCUT2D eigenvalue weighted by atomic mass is 9.97. The molecule has 3 nitrogen and oxygen atoms in total. The van der Waals surface area contributed by atoms with E-state index in [4.69, 9.17) is 12.2 Å². The summed E-state index contributed by atoms with van der Waals surface area (Å²) in [5.41, 5.74) is 2.17. The summed E-state index contributed by atoms with van der Waals surface area (Å²) in [6.07, 6.45) is 1.06. The molecular formula is C13H18N2OS. The minimum Gasteiger partial charge on any atom is -0.332 e. The lowest BCUT2D eigenvalue weighted by Gasteiger charge is -2.16. The number of hydrogen-bond donors (Lipinski definition) is 2. The van der Waals surface area contributed by atoms with Gasteiger partial charge in [-0.25, -0.2) is 0 Å². The number of hydrogen-bond acceptors (Lipinski definition) is 2. The van der Waals surface area contributed by atoms with Crippen molar-refractivity contribution in [2.24, 2.45) is 0 Å². The number of benzene rings is 1. The minimum absolute atomic E-state index is 0.163. The van der Waals surface area contributed by atoms with Crippen LogP contribution in [0.3, 0.4) is 0 Å². The van der Waals surface area contributed by atoms with Crippen molar-refractivity contribution in [3.8, 4) is 0 Å². The average molecular weight is 250 g/mol. The molecule has 92 valence electrons. The van der Waals surface area contributed by atoms with E-state index in [-0.39, 0.29) is 5.91 Å². The highest BCUT2D eigenvalue weighted by Crippen LogP contribution is 2.26. The first-order chi connectivity index (χ1) is 8.04. The third kappa shape index (κ3) is 4.15. The first-order valence-corrected chi connectivity index (χ1v) is 6.13. The Kier molecular flexibility index (Phi) is 5.10. The average Bonchev–Trinajstić information content (AvgIpc) is 2.27. The maximum atomic E-state index is 10.9. The van der Waals surface area contributed by atoms with E-state index in [9.17, 15) is 4.79 Å². The summed E-state index contributed by atoms with van der Waals surface area (Å²) in [7, 11) is 0. The molecule has 1 aromatic carbocycles. The van der Waals surface area contributed by atoms with Gasteiger partial charge in [0.1, 0.15) is 0 Å². The van der Waals surface area contributed by atoms with Crippen LogP contribution in [0, 0.1) is 0 Å². The second-order valence-corrected chi connectivity index (χ2v) is 4.44. The van der Waals surface area contributed by atoms with Crippen molar-refractivity contribution in [2.45, 2.75) is 33.1 Å². The SMILES string of the molecule is CC[C@@H](C)c1ccccc1NC(=S)NC(C)=O. The third-order valence-electron chi connectivity index (χ3n) is 2.64. The largest absolute Gasteiger partial charge is 0.332 e. The second kappa shape index (κ2) is 6.35. The van der Waals surface area contributed by atoms with E-state index in [1.165, 1.54) is 12.5 Å². The maximum Gasteiger partial charge on any atom is 0.222 e. The molecule has 0 unspecified atom stereocenters. The molecule has 2 N–H and O–H groups in total. The van der Waals surface area contributed by atoms with Crippen LogP contribution in [-0.2, 0) is 4.79 Å². The zero-order valence-electron chi connectivity index (χ0n) is 10.4. The molecule has 0 fully saturated rings. The Bertz CT molecular complexity index is 418. The predicted molar refractivity (Wildman–Crippen MR) is 75.2 cm³/mol. The fourth-order valence-corrected chi connectivity index (χ4v) is 1.83. The minimum atomic E-state index is -0.163. The smallest absolute Gasteiger partial charge is 0.222 e. The molecule has 1 aromatic rings. The van der Waals surface area contributed by atoms with Crippen LogP contribution < -0.4 is 10.6 Å². The second-order valence-electron chi connectivity index (χ2n) is 4.03. The highest BCUT2D eigenvalue weighted by Gasteiger charge is 2.09. The molecule has 0 spiro atoms. The molecule has 1 atom stereocenters. The van der Waals surface area contributed by atoms with E-state index >= 15 is 0 Å². The molecule has 0 aliphatic heterocycles. The number of nitrogens with one attached hydrogen (secondary N) is 2. The molecule has 1 amide bonds. The van der Waals surface area contributed by atoms with Crippen LogP contribution >= 0.6 is 12.2 Å². The Morgan fingerprint density at radius 2 is 2.06 bits per heavy atom. The number of thiocarbonyl (C=S) groups is 1. The van der Waals surface area contributed by atoms with Crippen LogP contribution in [0.5, 0.6) is 0 Å². The Morgan fingerprint density at radius 3 is 2.65 bits per heavy atom. The van der Waals surface area contributed by atoms with Crippen molar-refractivity contribution >= 4 is 28.9 Å². The number of carbonyl (C=O) groups is 1. The quantitative estimate of drug-likeness (QED) is 0.810. The van der Waals surface area contributed by atoms with Gasteiger partial charge in [-0.1, -0.05) is 32.0 Å². The van der Waals surface area contributed by atoms with E-state index in [2.05, 4.69) is 30.5 Å². The first-order valence-electron chi connectivity index (χ1n) is 5.72. The summed E-state index contributed by atoms with van der Waals surface area (Å²) in [5, 5.41) is 5.95. The number of amides is 1. The van der Waals surface area contributed by atoms with Gasteiger partial charge >= 0.3 is 0 Å². The van der Waals surface area contributed by atoms with Crippen LogP contribution in [0.15, 0.2) is 24.3 Å². The summed E-state index contributed by atoms with van der Waals surface area (Å²) in [4.78, 5) is 10.9. The van der Waals surface area contributed by atoms with Gasteiger partial charge in [-0.3, -0.25) is 4.79 Å². The number of para-hydroxylation sites is 1. The molecule has 1 rings (SSSR count). The normalized spacial score (nSPS) is 11.7. The molecule has 0 radical (unpaired) electrons. The van der Waals surface area contributed by atoms with Crippen molar-refractivity contribution in [3.63, 3.8) is 0 Å². The summed E-state index contributed by atoms with van der Waals surface area (Å²) in [6.45, 7) is 5.75. The van der Waals surface area contributed by atoms with Crippen molar-refractivity contribution < 1.29 is 4.79 Å². The highest BCUT2D eigenvalue weighted by atomic mass is 32.1. The fourth-order valence-electron chi connectivity index (χ4n) is 1.57. The molecule has 0 aliphatic carbocycles. The Hall–Kier alpha value is -1.42. The Labute approximate surface area is 108 Å². The molecule has 0 aromatic heterocycles. The van der Waals surface area contributed by atoms with Gasteiger partial charge in [-0.05, 0) is 36.2 Å². The van der Waals surface area contributed by atoms with Gasteiger partial charge in [0.2, 0.25) is 5.91 Å². The first kappa shape index (κ1) is 13.6. The molecule has 17 heavy (non-hydrogen) atoms. The van der Waals surface area contributed by atoms with Gasteiger partial charge in [-0.2, -0.15) is 0 Å². The number of rotatable bonds is 3. The van der Waals surface area contributed by atoms with E-state index in [0.717, 1.165) is 12.1 Å². The molecule has 0 saturated heterocycles. The summed E-state index contributed by atoms with van der Waals surface area (Å²) in [5.74, 6) is 0.294. The molecule has 0 saturated carbocycles. The molecule has 0 heterocycles. The lowest BCUT2D eigenvalue weighted by Crippen LogP contribution is -2.32. The van der Waals surface area contributed by atoms with Gasteiger partial charge in [0.25, 0.3) is 0 Å². The molecular weight excluding hydrogens is 232 g/mol. The maximum absolute atomic E-state index is 10.9. The van der Waals surface area contributed by atoms with Gasteiger partial charge in [0.05, 0.1) is 0 Å². The van der Waals surface area contributed by atoms with E-state index in [1.807, 2.05) is 18.2 Å². The Morgan fingerprint density at radius 1 is 1.41 bits per heavy atom. The van der Waals surface area contributed by atoms with E-state index in [0.29, 0.717) is 11.0 Å². The van der Waals surface area contributed by atoms with Gasteiger partial charge in [0.15, 0.2) is 5.11 Å². The van der Waals surface area contributed by atoms with Crippen LogP contribution in [-0.4, -0.2) is 11.0 Å². The number of carbonyl (C=O) groups excluding carboxylic acids is 1. The standard InChI is InChI=1S/C13H18N2OS/c1-4-9(2)11-7-5-6-8-12(11)15-13(17)14-10(3)16/h5-9H,4H2,1-3H3,(H2,14,15,16,17)/t9-/m1/s1. The van der Waals surface area contributed by atoms with E-state index in [1.54, 1.807) is 0 Å². The zero-order chi connectivity index (χ0) is 12.8. The highest BCUT2D eigenvalue weighted by molar-refractivity contribution is 7.80. The summed E-state index contributed by atoms with van der Waals surface area (Å²) >= 11 is 5.05. The van der Waals surface area contributed by atoms with Crippen molar-refractivity contribution in [1.82, 2.24) is 5.32 Å². The Balaban J connectivity index is 2.83. The van der Waals surface area contributed by atoms with Crippen molar-refractivity contribution in [1.29, 1.82) is 0 Å². The third-order valence-corrected chi connectivity index (χ3v) is 2.85. The molecule has 4 heteroatoms. The topological polar surface area (TPSA) is 41.1 Å². The van der Waals surface area contributed by atoms with Crippen LogP contribution in [0.2, 0.25) is 0 Å². The van der Waals surface area contributed by atoms with E-state index < -0.39 is 0 Å². The van der Waals surface area contributed by atoms with Crippen LogP contribution in [0.1, 0.15) is 38.7 Å². The fraction of sp³-hybridized carbons (Fsp3) is 0.385. The summed E-state index contributed by atoms with van der Waals surface area (Å²) < 4.78 is 0. The van der Waals surface area contributed by atoms with Gasteiger partial charge in [0, 0.05) is 12.6 Å². The summed E-state index contributed by atoms with van der Waals surface area (Å²) in [6, 6.07) is 8.00. The van der Waals surface area contributed by atoms with Gasteiger partial charge < -0.3 is 10.6 Å². The molecule has 0 aliphatic rings. The lowest BCUT2D eigenvalue weighted by molar-refractivity contribution is -0.117. The van der Waals surface area contributed by atoms with Crippen molar-refractivity contribution in [3.05, 3.63) is 29.8 Å². The molecule has 0 bridgehead atoms. The van der Waals surface area contributed by atoms with Crippen LogP contribution in [0.4, 0.5) is 5.69 Å². The zero-order valence-corrected chi connectivity index (χ0v) is 11.2. The van der Waals surface area contributed by atoms with Crippen molar-refractivity contribution in [2.75, 3.05) is 5.32 Å². The predicted octanol–water partition coefficient (Wildman–Crippen LogP) is 3.03.